The summed E-state index contributed by atoms with van der Waals surface area (Å²) < 4.78 is 0. The first-order valence-corrected chi connectivity index (χ1v) is 6.58. The van der Waals surface area contributed by atoms with E-state index in [4.69, 9.17) is 17.0 Å². The van der Waals surface area contributed by atoms with Gasteiger partial charge in [-0.15, -0.1) is 0 Å². The van der Waals surface area contributed by atoms with Crippen LogP contribution in [-0.2, 0) is 0 Å². The van der Waals surface area contributed by atoms with E-state index in [-0.39, 0.29) is 0 Å². The molecule has 104 valence electrons. The lowest BCUT2D eigenvalue weighted by atomic mass is 10.1. The monoisotopic (exact) mass is 280 g/mol. The second kappa shape index (κ2) is 7.26. The highest BCUT2D eigenvalue weighted by Crippen LogP contribution is 2.14. The second-order valence-corrected chi connectivity index (χ2v) is 5.15. The van der Waals surface area contributed by atoms with Gasteiger partial charge in [-0.2, -0.15) is 0 Å². The van der Waals surface area contributed by atoms with Crippen LogP contribution in [0.15, 0.2) is 24.5 Å². The summed E-state index contributed by atoms with van der Waals surface area (Å²) in [5.41, 5.74) is 2.67. The third-order valence-electron chi connectivity index (χ3n) is 2.77. The van der Waals surface area contributed by atoms with Crippen molar-refractivity contribution < 1.29 is 0 Å². The molecule has 0 aliphatic rings. The minimum Gasteiger partial charge on any atom is -0.384 e. The fourth-order valence-electron chi connectivity index (χ4n) is 1.67. The highest BCUT2D eigenvalue weighted by atomic mass is 35.5. The van der Waals surface area contributed by atoms with Gasteiger partial charge in [0.2, 0.25) is 0 Å². The van der Waals surface area contributed by atoms with Gasteiger partial charge in [0.25, 0.3) is 0 Å². The largest absolute Gasteiger partial charge is 0.384 e. The standard InChI is InChI=1S/C14H21ClN4/c1-10-8-13(15)18-9-12(10)14(16)11(2)17-6-5-7-19(3)4/h8-9,16-17H,2,5-7H2,1,3-4H3. The highest BCUT2D eigenvalue weighted by molar-refractivity contribution is 6.29. The van der Waals surface area contributed by atoms with Gasteiger partial charge < -0.3 is 10.2 Å². The Hall–Kier alpha value is -1.39. The van der Waals surface area contributed by atoms with Crippen LogP contribution in [0, 0.1) is 12.3 Å². The molecule has 0 spiro atoms. The zero-order valence-electron chi connectivity index (χ0n) is 11.8. The molecule has 0 radical (unpaired) electrons. The lowest BCUT2D eigenvalue weighted by molar-refractivity contribution is 0.398. The van der Waals surface area contributed by atoms with Crippen molar-refractivity contribution in [3.05, 3.63) is 40.8 Å². The van der Waals surface area contributed by atoms with Crippen molar-refractivity contribution in [1.82, 2.24) is 15.2 Å². The van der Waals surface area contributed by atoms with Crippen molar-refractivity contribution in [2.45, 2.75) is 13.3 Å². The van der Waals surface area contributed by atoms with E-state index in [1.807, 2.05) is 21.0 Å². The predicted octanol–water partition coefficient (Wildman–Crippen LogP) is 2.47. The number of allylic oxidation sites excluding steroid dienone is 1. The predicted molar refractivity (Wildman–Crippen MR) is 81.1 cm³/mol. The molecule has 19 heavy (non-hydrogen) atoms. The summed E-state index contributed by atoms with van der Waals surface area (Å²) in [6.45, 7) is 7.63. The average Bonchev–Trinajstić information content (AvgIpc) is 2.33. The molecule has 0 unspecified atom stereocenters. The van der Waals surface area contributed by atoms with Crippen molar-refractivity contribution in [3.63, 3.8) is 0 Å². The number of halogens is 1. The molecule has 4 nitrogen and oxygen atoms in total. The van der Waals surface area contributed by atoms with E-state index >= 15 is 0 Å². The molecular formula is C14H21ClN4. The summed E-state index contributed by atoms with van der Waals surface area (Å²) in [5.74, 6) is 0. The van der Waals surface area contributed by atoms with Crippen molar-refractivity contribution in [3.8, 4) is 0 Å². The van der Waals surface area contributed by atoms with Crippen LogP contribution in [0.4, 0.5) is 0 Å². The van der Waals surface area contributed by atoms with E-state index in [0.29, 0.717) is 16.6 Å². The lowest BCUT2D eigenvalue weighted by Gasteiger charge is -2.14. The van der Waals surface area contributed by atoms with Crippen molar-refractivity contribution in [1.29, 1.82) is 5.41 Å². The lowest BCUT2D eigenvalue weighted by Crippen LogP contribution is -2.24. The Morgan fingerprint density at radius 2 is 2.21 bits per heavy atom. The molecule has 1 heterocycles. The van der Waals surface area contributed by atoms with Crippen LogP contribution in [0.25, 0.3) is 0 Å². The van der Waals surface area contributed by atoms with Gasteiger partial charge in [-0.05, 0) is 45.6 Å². The number of nitrogens with zero attached hydrogens (tertiary/aromatic N) is 2. The summed E-state index contributed by atoms with van der Waals surface area (Å²) in [7, 11) is 4.08. The van der Waals surface area contributed by atoms with Crippen molar-refractivity contribution >= 4 is 17.3 Å². The summed E-state index contributed by atoms with van der Waals surface area (Å²) in [4.78, 5) is 6.14. The van der Waals surface area contributed by atoms with E-state index in [1.54, 1.807) is 12.3 Å². The quantitative estimate of drug-likeness (QED) is 0.458. The maximum Gasteiger partial charge on any atom is 0.129 e. The molecule has 0 saturated heterocycles. The van der Waals surface area contributed by atoms with E-state index in [9.17, 15) is 0 Å². The van der Waals surface area contributed by atoms with E-state index in [0.717, 1.165) is 30.6 Å². The number of hydrogen-bond donors (Lipinski definition) is 2. The Bertz CT molecular complexity index is 469. The maximum absolute atomic E-state index is 8.11. The van der Waals surface area contributed by atoms with Crippen LogP contribution in [0.2, 0.25) is 5.15 Å². The summed E-state index contributed by atoms with van der Waals surface area (Å²) in [5, 5.41) is 11.7. The Labute approximate surface area is 120 Å². The van der Waals surface area contributed by atoms with Crippen LogP contribution < -0.4 is 5.32 Å². The molecule has 2 N–H and O–H groups in total. The Morgan fingerprint density at radius 3 is 2.79 bits per heavy atom. The summed E-state index contributed by atoms with van der Waals surface area (Å²) in [6, 6.07) is 1.75. The molecule has 0 saturated carbocycles. The van der Waals surface area contributed by atoms with Crippen LogP contribution >= 0.6 is 11.6 Å². The van der Waals surface area contributed by atoms with Gasteiger partial charge in [0.15, 0.2) is 0 Å². The van der Waals surface area contributed by atoms with Gasteiger partial charge in [0.05, 0.1) is 11.4 Å². The minimum atomic E-state index is 0.367. The molecule has 0 amide bonds. The first kappa shape index (κ1) is 15.7. The Kier molecular flexibility index (Phi) is 5.99. The van der Waals surface area contributed by atoms with Crippen molar-refractivity contribution in [2.24, 2.45) is 0 Å². The number of rotatable bonds is 7. The molecule has 0 bridgehead atoms. The fourth-order valence-corrected chi connectivity index (χ4v) is 1.88. The molecule has 0 aromatic carbocycles. The molecule has 1 rings (SSSR count). The highest BCUT2D eigenvalue weighted by Gasteiger charge is 2.09. The third kappa shape index (κ3) is 5.01. The van der Waals surface area contributed by atoms with E-state index < -0.39 is 0 Å². The van der Waals surface area contributed by atoms with E-state index in [2.05, 4.69) is 21.8 Å². The first-order valence-electron chi connectivity index (χ1n) is 6.20. The van der Waals surface area contributed by atoms with Gasteiger partial charge >= 0.3 is 0 Å². The minimum absolute atomic E-state index is 0.367. The number of hydrogen-bond acceptors (Lipinski definition) is 4. The third-order valence-corrected chi connectivity index (χ3v) is 2.98. The van der Waals surface area contributed by atoms with Crippen LogP contribution in [0.1, 0.15) is 17.5 Å². The zero-order valence-corrected chi connectivity index (χ0v) is 12.5. The van der Waals surface area contributed by atoms with E-state index in [1.165, 1.54) is 0 Å². The summed E-state index contributed by atoms with van der Waals surface area (Å²) in [6.07, 6.45) is 2.63. The SMILES string of the molecule is C=C(NCCCN(C)C)C(=N)c1cnc(Cl)cc1C. The molecular weight excluding hydrogens is 260 g/mol. The number of aromatic nitrogens is 1. The smallest absolute Gasteiger partial charge is 0.129 e. The van der Waals surface area contributed by atoms with Gasteiger partial charge in [-0.25, -0.2) is 4.98 Å². The molecule has 1 aromatic heterocycles. The maximum atomic E-state index is 8.11. The molecule has 0 aliphatic heterocycles. The first-order chi connectivity index (χ1) is 8.91. The molecule has 0 aliphatic carbocycles. The molecule has 5 heteroatoms. The van der Waals surface area contributed by atoms with Gasteiger partial charge in [-0.3, -0.25) is 5.41 Å². The fraction of sp³-hybridized carbons (Fsp3) is 0.429. The van der Waals surface area contributed by atoms with Gasteiger partial charge in [0.1, 0.15) is 5.15 Å². The number of nitrogens with one attached hydrogen (secondary N) is 2. The normalized spacial score (nSPS) is 10.6. The second-order valence-electron chi connectivity index (χ2n) is 4.76. The van der Waals surface area contributed by atoms with Crippen LogP contribution in [0.5, 0.6) is 0 Å². The van der Waals surface area contributed by atoms with Crippen LogP contribution in [0.3, 0.4) is 0 Å². The Balaban J connectivity index is 2.55. The Morgan fingerprint density at radius 1 is 1.53 bits per heavy atom. The van der Waals surface area contributed by atoms with Crippen molar-refractivity contribution in [2.75, 3.05) is 27.2 Å². The molecule has 0 atom stereocenters. The number of pyridine rings is 1. The van der Waals surface area contributed by atoms with Gasteiger partial charge in [-0.1, -0.05) is 18.2 Å². The van der Waals surface area contributed by atoms with Gasteiger partial charge in [0, 0.05) is 18.3 Å². The topological polar surface area (TPSA) is 52.0 Å². The zero-order chi connectivity index (χ0) is 14.4. The number of aryl methyl sites for hydroxylation is 1. The van der Waals surface area contributed by atoms with Crippen LogP contribution in [-0.4, -0.2) is 42.8 Å². The molecule has 0 fully saturated rings. The summed E-state index contributed by atoms with van der Waals surface area (Å²) >= 11 is 5.81. The average molecular weight is 281 g/mol. The molecule has 1 aromatic rings.